The van der Waals surface area contributed by atoms with Crippen LogP contribution in [0, 0.1) is 0 Å². The molecule has 3 heterocycles. The maximum Gasteiger partial charge on any atom is 0.271 e. The number of rotatable bonds is 4. The van der Waals surface area contributed by atoms with Gasteiger partial charge in [-0.25, -0.2) is 15.0 Å². The van der Waals surface area contributed by atoms with Crippen molar-refractivity contribution in [1.29, 1.82) is 0 Å². The second kappa shape index (κ2) is 6.82. The Kier molecular flexibility index (Phi) is 4.38. The largest absolute Gasteiger partial charge is 0.354 e. The summed E-state index contributed by atoms with van der Waals surface area (Å²) in [6.07, 6.45) is 10.9. The van der Waals surface area contributed by atoms with Gasteiger partial charge < -0.3 is 14.8 Å². The molecular formula is C18H24N6O. The van der Waals surface area contributed by atoms with Crippen molar-refractivity contribution in [2.75, 3.05) is 18.0 Å². The number of hydrogen-bond acceptors (Lipinski definition) is 5. The van der Waals surface area contributed by atoms with Crippen LogP contribution in [0.1, 0.15) is 54.2 Å². The maximum absolute atomic E-state index is 12.3. The molecular weight excluding hydrogens is 316 g/mol. The van der Waals surface area contributed by atoms with E-state index in [1.807, 2.05) is 7.05 Å². The van der Waals surface area contributed by atoms with Crippen LogP contribution in [-0.4, -0.2) is 44.6 Å². The predicted octanol–water partition coefficient (Wildman–Crippen LogP) is 1.88. The first-order valence-corrected chi connectivity index (χ1v) is 9.05. The van der Waals surface area contributed by atoms with E-state index >= 15 is 0 Å². The summed E-state index contributed by atoms with van der Waals surface area (Å²) in [7, 11) is 1.86. The number of amides is 1. The van der Waals surface area contributed by atoms with Crippen LogP contribution in [0.25, 0.3) is 0 Å². The number of hydrogen-bond donors (Lipinski definition) is 1. The van der Waals surface area contributed by atoms with Crippen LogP contribution in [0.2, 0.25) is 0 Å². The van der Waals surface area contributed by atoms with Gasteiger partial charge in [-0.2, -0.15) is 0 Å². The second-order valence-electron chi connectivity index (χ2n) is 7.11. The first-order valence-electron chi connectivity index (χ1n) is 9.05. The van der Waals surface area contributed by atoms with E-state index in [0.29, 0.717) is 11.6 Å². The van der Waals surface area contributed by atoms with Crippen LogP contribution in [0.4, 0.5) is 5.82 Å². The zero-order valence-electron chi connectivity index (χ0n) is 14.6. The lowest BCUT2D eigenvalue weighted by Crippen LogP contribution is -2.48. The number of imidazole rings is 1. The number of carbonyl (C=O) groups excluding carboxylic acids is 1. The lowest BCUT2D eigenvalue weighted by atomic mass is 9.83. The summed E-state index contributed by atoms with van der Waals surface area (Å²) in [6.45, 7) is 1.75. The first-order chi connectivity index (χ1) is 12.2. The summed E-state index contributed by atoms with van der Waals surface area (Å²) in [5.74, 6) is 1.48. The van der Waals surface area contributed by atoms with E-state index in [1.165, 1.54) is 19.3 Å². The molecule has 1 amide bonds. The molecule has 0 radical (unpaired) electrons. The third kappa shape index (κ3) is 3.50. The summed E-state index contributed by atoms with van der Waals surface area (Å²) in [4.78, 5) is 27.6. The van der Waals surface area contributed by atoms with E-state index in [1.54, 1.807) is 23.4 Å². The minimum absolute atomic E-state index is 0.106. The smallest absolute Gasteiger partial charge is 0.271 e. The van der Waals surface area contributed by atoms with E-state index in [-0.39, 0.29) is 11.9 Å². The van der Waals surface area contributed by atoms with E-state index in [4.69, 9.17) is 0 Å². The topological polar surface area (TPSA) is 75.9 Å². The van der Waals surface area contributed by atoms with Crippen molar-refractivity contribution in [2.24, 2.45) is 7.05 Å². The van der Waals surface area contributed by atoms with Gasteiger partial charge in [0.1, 0.15) is 17.8 Å². The fourth-order valence-electron chi connectivity index (χ4n) is 3.55. The molecule has 1 unspecified atom stereocenters. The Balaban J connectivity index is 1.41. The average molecular weight is 340 g/mol. The third-order valence-electron chi connectivity index (χ3n) is 5.22. The standard InChI is InChI=1S/C18H24N6O/c1-23-10-16(21-12-23)18(25)22-14-6-3-7-24(9-14)17-8-15(19-11-20-17)13-4-2-5-13/h8,10-14H,2-7,9H2,1H3,(H,22,25). The van der Waals surface area contributed by atoms with Crippen molar-refractivity contribution in [1.82, 2.24) is 24.8 Å². The molecule has 1 aliphatic carbocycles. The maximum atomic E-state index is 12.3. The molecule has 0 spiro atoms. The van der Waals surface area contributed by atoms with Gasteiger partial charge in [0, 0.05) is 50.1 Å². The van der Waals surface area contributed by atoms with Gasteiger partial charge in [0.2, 0.25) is 0 Å². The summed E-state index contributed by atoms with van der Waals surface area (Å²) in [5.41, 5.74) is 1.63. The molecule has 7 heteroatoms. The van der Waals surface area contributed by atoms with Gasteiger partial charge in [-0.15, -0.1) is 0 Å². The molecule has 132 valence electrons. The van der Waals surface area contributed by atoms with Gasteiger partial charge in [-0.05, 0) is 25.7 Å². The molecule has 7 nitrogen and oxygen atoms in total. The zero-order chi connectivity index (χ0) is 17.2. The van der Waals surface area contributed by atoms with Crippen molar-refractivity contribution in [3.05, 3.63) is 36.3 Å². The molecule has 1 atom stereocenters. The van der Waals surface area contributed by atoms with E-state index in [9.17, 15) is 4.79 Å². The number of carbonyl (C=O) groups is 1. The lowest BCUT2D eigenvalue weighted by Gasteiger charge is -2.34. The number of aryl methyl sites for hydroxylation is 1. The fourth-order valence-corrected chi connectivity index (χ4v) is 3.55. The predicted molar refractivity (Wildman–Crippen MR) is 94.5 cm³/mol. The van der Waals surface area contributed by atoms with Gasteiger partial charge in [0.05, 0.1) is 6.33 Å². The minimum Gasteiger partial charge on any atom is -0.354 e. The third-order valence-corrected chi connectivity index (χ3v) is 5.22. The molecule has 0 bridgehead atoms. The van der Waals surface area contributed by atoms with E-state index < -0.39 is 0 Å². The van der Waals surface area contributed by atoms with E-state index in [0.717, 1.165) is 37.4 Å². The summed E-state index contributed by atoms with van der Waals surface area (Å²) >= 11 is 0. The number of anilines is 1. The zero-order valence-corrected chi connectivity index (χ0v) is 14.6. The van der Waals surface area contributed by atoms with Gasteiger partial charge in [0.15, 0.2) is 0 Å². The monoisotopic (exact) mass is 340 g/mol. The fraction of sp³-hybridized carbons (Fsp3) is 0.556. The Morgan fingerprint density at radius 2 is 2.08 bits per heavy atom. The molecule has 1 N–H and O–H groups in total. The van der Waals surface area contributed by atoms with Crippen LogP contribution in [0.3, 0.4) is 0 Å². The molecule has 2 fully saturated rings. The molecule has 2 aromatic heterocycles. The number of nitrogens with zero attached hydrogens (tertiary/aromatic N) is 5. The van der Waals surface area contributed by atoms with Crippen molar-refractivity contribution < 1.29 is 4.79 Å². The van der Waals surface area contributed by atoms with E-state index in [2.05, 4.69) is 31.2 Å². The average Bonchev–Trinajstić information content (AvgIpc) is 3.01. The number of piperidine rings is 1. The van der Waals surface area contributed by atoms with Crippen molar-refractivity contribution >= 4 is 11.7 Å². The Hall–Kier alpha value is -2.44. The summed E-state index contributed by atoms with van der Waals surface area (Å²) < 4.78 is 1.78. The number of nitrogens with one attached hydrogen (secondary N) is 1. The van der Waals surface area contributed by atoms with Crippen LogP contribution in [0.5, 0.6) is 0 Å². The highest BCUT2D eigenvalue weighted by Gasteiger charge is 2.25. The highest BCUT2D eigenvalue weighted by molar-refractivity contribution is 5.92. The number of aromatic nitrogens is 4. The van der Waals surface area contributed by atoms with Crippen LogP contribution in [0.15, 0.2) is 24.9 Å². The van der Waals surface area contributed by atoms with Crippen molar-refractivity contribution in [3.63, 3.8) is 0 Å². The van der Waals surface area contributed by atoms with Gasteiger partial charge in [-0.1, -0.05) is 6.42 Å². The summed E-state index contributed by atoms with van der Waals surface area (Å²) in [6, 6.07) is 2.25. The molecule has 1 saturated carbocycles. The van der Waals surface area contributed by atoms with Gasteiger partial charge in [0.25, 0.3) is 5.91 Å². The van der Waals surface area contributed by atoms with Crippen LogP contribution < -0.4 is 10.2 Å². The van der Waals surface area contributed by atoms with Crippen LogP contribution in [-0.2, 0) is 7.05 Å². The lowest BCUT2D eigenvalue weighted by molar-refractivity contribution is 0.0928. The SMILES string of the molecule is Cn1cnc(C(=O)NC2CCCN(c3cc(C4CCC4)ncn3)C2)c1. The van der Waals surface area contributed by atoms with Crippen LogP contribution >= 0.6 is 0 Å². The molecule has 1 saturated heterocycles. The van der Waals surface area contributed by atoms with Gasteiger partial charge >= 0.3 is 0 Å². The molecule has 1 aliphatic heterocycles. The molecule has 25 heavy (non-hydrogen) atoms. The highest BCUT2D eigenvalue weighted by atomic mass is 16.2. The Labute approximate surface area is 147 Å². The van der Waals surface area contributed by atoms with Crippen molar-refractivity contribution in [2.45, 2.75) is 44.1 Å². The minimum atomic E-state index is -0.106. The second-order valence-corrected chi connectivity index (χ2v) is 7.11. The molecule has 2 aliphatic rings. The van der Waals surface area contributed by atoms with Crippen molar-refractivity contribution in [3.8, 4) is 0 Å². The molecule has 0 aromatic carbocycles. The quantitative estimate of drug-likeness (QED) is 0.920. The normalized spacial score (nSPS) is 21.0. The van der Waals surface area contributed by atoms with Gasteiger partial charge in [-0.3, -0.25) is 4.79 Å². The Morgan fingerprint density at radius 3 is 2.80 bits per heavy atom. The Morgan fingerprint density at radius 1 is 1.20 bits per heavy atom. The highest BCUT2D eigenvalue weighted by Crippen LogP contribution is 2.36. The summed E-state index contributed by atoms with van der Waals surface area (Å²) in [5, 5.41) is 3.11. The molecule has 4 rings (SSSR count). The molecule has 2 aromatic rings. The Bertz CT molecular complexity index is 754. The first kappa shape index (κ1) is 16.1.